The van der Waals surface area contributed by atoms with Gasteiger partial charge in [-0.3, -0.25) is 14.7 Å². The van der Waals surface area contributed by atoms with Crippen molar-refractivity contribution in [1.29, 1.82) is 0 Å². The average molecular weight is 548 g/mol. The van der Waals surface area contributed by atoms with Crippen LogP contribution in [0.2, 0.25) is 0 Å². The van der Waals surface area contributed by atoms with Crippen LogP contribution < -0.4 is 10.6 Å². The van der Waals surface area contributed by atoms with Crippen molar-refractivity contribution in [3.63, 3.8) is 0 Å². The fourth-order valence-electron chi connectivity index (χ4n) is 3.81. The van der Waals surface area contributed by atoms with E-state index < -0.39 is 0 Å². The van der Waals surface area contributed by atoms with Gasteiger partial charge in [-0.25, -0.2) is 0 Å². The van der Waals surface area contributed by atoms with Gasteiger partial charge in [0.15, 0.2) is 5.96 Å². The van der Waals surface area contributed by atoms with Crippen LogP contribution in [0.25, 0.3) is 0 Å². The highest BCUT2D eigenvalue weighted by molar-refractivity contribution is 14.0. The molecule has 2 saturated heterocycles. The third kappa shape index (κ3) is 6.48. The van der Waals surface area contributed by atoms with Crippen molar-refractivity contribution in [2.24, 2.45) is 4.99 Å². The van der Waals surface area contributed by atoms with Gasteiger partial charge in [-0.15, -0.1) is 24.0 Å². The number of carbonyl (C=O) groups excluding carboxylic acids is 1. The predicted molar refractivity (Wildman–Crippen MR) is 135 cm³/mol. The highest BCUT2D eigenvalue weighted by Gasteiger charge is 2.40. The van der Waals surface area contributed by atoms with Crippen LogP contribution in [0.15, 0.2) is 29.3 Å². The predicted octanol–water partition coefficient (Wildman–Crippen LogP) is 1.88. The minimum absolute atomic E-state index is 0. The summed E-state index contributed by atoms with van der Waals surface area (Å²) in [5, 5.41) is 6.94. The van der Waals surface area contributed by atoms with Gasteiger partial charge in [0, 0.05) is 64.2 Å². The van der Waals surface area contributed by atoms with E-state index in [4.69, 9.17) is 4.74 Å². The standard InChI is InChI=1S/C21H33N5O2S.HI/c1-22-20(23-14-17-4-6-18(7-5-17)19(27)25(2)3)24-15-21(8-13-29-16-21)26-9-11-28-12-10-26;/h4-7H,8-16H2,1-3H3,(H2,22,23,24);1H. The number of ether oxygens (including phenoxy) is 1. The summed E-state index contributed by atoms with van der Waals surface area (Å²) in [6.07, 6.45) is 1.20. The van der Waals surface area contributed by atoms with E-state index in [-0.39, 0.29) is 35.4 Å². The summed E-state index contributed by atoms with van der Waals surface area (Å²) in [5.41, 5.74) is 2.00. The fourth-order valence-corrected chi connectivity index (χ4v) is 5.29. The molecule has 0 aromatic heterocycles. The third-order valence-electron chi connectivity index (χ3n) is 5.64. The number of amides is 1. The monoisotopic (exact) mass is 547 g/mol. The third-order valence-corrected chi connectivity index (χ3v) is 6.87. The normalized spacial score (nSPS) is 22.3. The molecule has 0 radical (unpaired) electrons. The average Bonchev–Trinajstić information content (AvgIpc) is 3.24. The molecule has 2 heterocycles. The molecule has 30 heavy (non-hydrogen) atoms. The van der Waals surface area contributed by atoms with E-state index in [9.17, 15) is 4.79 Å². The number of nitrogens with zero attached hydrogens (tertiary/aromatic N) is 3. The van der Waals surface area contributed by atoms with E-state index in [0.29, 0.717) is 12.1 Å². The Morgan fingerprint density at radius 2 is 1.93 bits per heavy atom. The van der Waals surface area contributed by atoms with Crippen molar-refractivity contribution < 1.29 is 9.53 Å². The molecule has 1 aromatic rings. The molecule has 0 saturated carbocycles. The number of nitrogens with one attached hydrogen (secondary N) is 2. The number of hydrogen-bond acceptors (Lipinski definition) is 5. The number of carbonyl (C=O) groups is 1. The molecule has 7 nitrogen and oxygen atoms in total. The Labute approximate surface area is 201 Å². The van der Waals surface area contributed by atoms with E-state index in [0.717, 1.165) is 50.1 Å². The van der Waals surface area contributed by atoms with Gasteiger partial charge in [-0.2, -0.15) is 11.8 Å². The lowest BCUT2D eigenvalue weighted by atomic mass is 9.95. The Hall–Kier alpha value is -1.04. The quantitative estimate of drug-likeness (QED) is 0.322. The lowest BCUT2D eigenvalue weighted by Gasteiger charge is -2.43. The molecule has 0 aliphatic carbocycles. The van der Waals surface area contributed by atoms with Crippen molar-refractivity contribution in [3.05, 3.63) is 35.4 Å². The van der Waals surface area contributed by atoms with Crippen LogP contribution in [0, 0.1) is 0 Å². The van der Waals surface area contributed by atoms with Crippen LogP contribution in [-0.2, 0) is 11.3 Å². The molecule has 168 valence electrons. The summed E-state index contributed by atoms with van der Waals surface area (Å²) in [4.78, 5) is 20.6. The zero-order valence-corrected chi connectivity index (χ0v) is 21.3. The molecule has 2 N–H and O–H groups in total. The lowest BCUT2D eigenvalue weighted by molar-refractivity contribution is -0.0120. The first kappa shape index (κ1) is 25.2. The van der Waals surface area contributed by atoms with Gasteiger partial charge in [0.2, 0.25) is 0 Å². The molecule has 1 aromatic carbocycles. The molecule has 1 unspecified atom stereocenters. The van der Waals surface area contributed by atoms with Crippen LogP contribution in [0.5, 0.6) is 0 Å². The maximum absolute atomic E-state index is 12.0. The SMILES string of the molecule is CN=C(NCc1ccc(C(=O)N(C)C)cc1)NCC1(N2CCOCC2)CCSC1.I. The maximum Gasteiger partial charge on any atom is 0.253 e. The number of halogens is 1. The van der Waals surface area contributed by atoms with E-state index in [2.05, 4.69) is 20.5 Å². The second-order valence-corrected chi connectivity index (χ2v) is 8.91. The van der Waals surface area contributed by atoms with Crippen molar-refractivity contribution >= 4 is 47.6 Å². The zero-order chi connectivity index (χ0) is 20.7. The van der Waals surface area contributed by atoms with Gasteiger partial charge in [-0.1, -0.05) is 12.1 Å². The first-order valence-electron chi connectivity index (χ1n) is 10.2. The number of guanidine groups is 1. The largest absolute Gasteiger partial charge is 0.379 e. The van der Waals surface area contributed by atoms with Gasteiger partial charge >= 0.3 is 0 Å². The molecule has 0 bridgehead atoms. The van der Waals surface area contributed by atoms with Gasteiger partial charge in [0.25, 0.3) is 5.91 Å². The summed E-state index contributed by atoms with van der Waals surface area (Å²) < 4.78 is 5.55. The van der Waals surface area contributed by atoms with Crippen LogP contribution in [0.1, 0.15) is 22.3 Å². The highest BCUT2D eigenvalue weighted by atomic mass is 127. The fraction of sp³-hybridized carbons (Fsp3) is 0.619. The summed E-state index contributed by atoms with van der Waals surface area (Å²) in [6, 6.07) is 7.72. The van der Waals surface area contributed by atoms with E-state index in [1.807, 2.05) is 36.0 Å². The van der Waals surface area contributed by atoms with Crippen molar-refractivity contribution in [1.82, 2.24) is 20.4 Å². The molecule has 1 amide bonds. The van der Waals surface area contributed by atoms with Gasteiger partial charge in [0.05, 0.1) is 13.2 Å². The van der Waals surface area contributed by atoms with Crippen molar-refractivity contribution in [2.75, 3.05) is 65.5 Å². The lowest BCUT2D eigenvalue weighted by Crippen LogP contribution is -2.60. The number of thioether (sulfide) groups is 1. The summed E-state index contributed by atoms with van der Waals surface area (Å²) in [6.45, 7) is 5.21. The molecular weight excluding hydrogens is 513 g/mol. The van der Waals surface area contributed by atoms with Gasteiger partial charge in [0.1, 0.15) is 0 Å². The Bertz CT molecular complexity index is 702. The molecule has 2 fully saturated rings. The van der Waals surface area contributed by atoms with Gasteiger partial charge in [-0.05, 0) is 29.9 Å². The summed E-state index contributed by atoms with van der Waals surface area (Å²) in [7, 11) is 5.33. The van der Waals surface area contributed by atoms with Gasteiger partial charge < -0.3 is 20.3 Å². The minimum Gasteiger partial charge on any atom is -0.379 e. The summed E-state index contributed by atoms with van der Waals surface area (Å²) >= 11 is 2.04. The Kier molecular flexibility index (Phi) is 10.2. The number of rotatable bonds is 6. The van der Waals surface area contributed by atoms with Crippen molar-refractivity contribution in [3.8, 4) is 0 Å². The topological polar surface area (TPSA) is 69.2 Å². The molecule has 9 heteroatoms. The molecule has 2 aliphatic heterocycles. The smallest absolute Gasteiger partial charge is 0.253 e. The van der Waals surface area contributed by atoms with Crippen LogP contribution in [0.4, 0.5) is 0 Å². The number of hydrogen-bond donors (Lipinski definition) is 2. The molecule has 1 atom stereocenters. The first-order chi connectivity index (χ1) is 14.0. The van der Waals surface area contributed by atoms with E-state index in [1.165, 1.54) is 12.2 Å². The Morgan fingerprint density at radius 3 is 2.50 bits per heavy atom. The molecule has 2 aliphatic rings. The number of benzene rings is 1. The van der Waals surface area contributed by atoms with E-state index >= 15 is 0 Å². The Morgan fingerprint density at radius 1 is 1.23 bits per heavy atom. The van der Waals surface area contributed by atoms with Crippen LogP contribution >= 0.6 is 35.7 Å². The summed E-state index contributed by atoms with van der Waals surface area (Å²) in [5.74, 6) is 3.19. The van der Waals surface area contributed by atoms with Crippen LogP contribution in [-0.4, -0.2) is 92.7 Å². The number of morpholine rings is 1. The zero-order valence-electron chi connectivity index (χ0n) is 18.1. The molecule has 3 rings (SSSR count). The first-order valence-corrected chi connectivity index (χ1v) is 11.4. The number of aliphatic imine (C=N–C) groups is 1. The minimum atomic E-state index is 0. The Balaban J connectivity index is 0.00000320. The highest BCUT2D eigenvalue weighted by Crippen LogP contribution is 2.33. The second kappa shape index (κ2) is 12.1. The van der Waals surface area contributed by atoms with Crippen molar-refractivity contribution in [2.45, 2.75) is 18.5 Å². The van der Waals surface area contributed by atoms with Crippen LogP contribution in [0.3, 0.4) is 0 Å². The van der Waals surface area contributed by atoms with E-state index in [1.54, 1.807) is 26.0 Å². The molecular formula is C21H34IN5O2S. The second-order valence-electron chi connectivity index (χ2n) is 7.80. The molecule has 0 spiro atoms. The maximum atomic E-state index is 12.0.